The molecule has 0 amide bonds. The highest BCUT2D eigenvalue weighted by Gasteiger charge is 2.16. The number of hydrogen-bond donors (Lipinski definition) is 2. The van der Waals surface area contributed by atoms with E-state index in [0.717, 1.165) is 12.0 Å². The number of benzene rings is 2. The first-order chi connectivity index (χ1) is 14.3. The van der Waals surface area contributed by atoms with Crippen LogP contribution in [0.2, 0.25) is 0 Å². The average Bonchev–Trinajstić information content (AvgIpc) is 2.73. The Bertz CT molecular complexity index is 947. The lowest BCUT2D eigenvalue weighted by Gasteiger charge is -2.20. The van der Waals surface area contributed by atoms with E-state index in [9.17, 15) is 12.8 Å². The van der Waals surface area contributed by atoms with E-state index in [1.807, 2.05) is 6.92 Å². The van der Waals surface area contributed by atoms with Crippen LogP contribution in [0, 0.1) is 5.82 Å². The summed E-state index contributed by atoms with van der Waals surface area (Å²) < 4.78 is 44.6. The lowest BCUT2D eigenvalue weighted by atomic mass is 10.2. The van der Waals surface area contributed by atoms with Crippen molar-refractivity contribution in [2.75, 3.05) is 27.7 Å². The van der Waals surface area contributed by atoms with Crippen LogP contribution in [-0.4, -0.2) is 52.5 Å². The molecule has 2 aromatic carbocycles. The zero-order valence-corrected chi connectivity index (χ0v) is 18.5. The minimum Gasteiger partial charge on any atom is -0.489 e. The van der Waals surface area contributed by atoms with Gasteiger partial charge in [-0.3, -0.25) is 4.99 Å². The molecule has 30 heavy (non-hydrogen) atoms. The summed E-state index contributed by atoms with van der Waals surface area (Å²) in [5.41, 5.74) is 0.915. The molecule has 164 valence electrons. The summed E-state index contributed by atoms with van der Waals surface area (Å²) in [7, 11) is 1.23. The predicted octanol–water partition coefficient (Wildman–Crippen LogP) is 2.60. The summed E-state index contributed by atoms with van der Waals surface area (Å²) in [6.45, 7) is 2.96. The zero-order chi connectivity index (χ0) is 22.1. The first-order valence-electron chi connectivity index (χ1n) is 9.64. The van der Waals surface area contributed by atoms with Crippen LogP contribution in [0.15, 0.2) is 58.4 Å². The second kappa shape index (κ2) is 10.9. The van der Waals surface area contributed by atoms with Crippen molar-refractivity contribution >= 4 is 16.0 Å². The molecule has 2 aromatic rings. The fourth-order valence-corrected chi connectivity index (χ4v) is 3.51. The highest BCUT2D eigenvalue weighted by Crippen LogP contribution is 2.15. The highest BCUT2D eigenvalue weighted by molar-refractivity contribution is 7.89. The molecular formula is C21H29FN4O3S. The molecule has 0 saturated carbocycles. The van der Waals surface area contributed by atoms with Gasteiger partial charge < -0.3 is 15.4 Å². The van der Waals surface area contributed by atoms with E-state index in [1.165, 1.54) is 30.5 Å². The van der Waals surface area contributed by atoms with Gasteiger partial charge in [-0.15, -0.1) is 0 Å². The Hall–Kier alpha value is -2.65. The molecule has 0 radical (unpaired) electrons. The van der Waals surface area contributed by atoms with Crippen LogP contribution in [0.5, 0.6) is 5.75 Å². The van der Waals surface area contributed by atoms with Gasteiger partial charge in [0.05, 0.1) is 11.4 Å². The second-order valence-electron chi connectivity index (χ2n) is 6.84. The van der Waals surface area contributed by atoms with Crippen LogP contribution in [0.1, 0.15) is 18.9 Å². The third kappa shape index (κ3) is 6.70. The maximum Gasteiger partial charge on any atom is 0.242 e. The molecule has 1 atom stereocenters. The normalized spacial score (nSPS) is 13.2. The van der Waals surface area contributed by atoms with Crippen molar-refractivity contribution in [3.05, 3.63) is 59.9 Å². The van der Waals surface area contributed by atoms with Gasteiger partial charge in [0, 0.05) is 33.8 Å². The Morgan fingerprint density at radius 2 is 1.87 bits per heavy atom. The number of halogens is 1. The number of nitrogens with zero attached hydrogens (tertiary/aromatic N) is 2. The maximum absolute atomic E-state index is 13.3. The maximum atomic E-state index is 13.3. The fraction of sp³-hybridized carbons (Fsp3) is 0.381. The van der Waals surface area contributed by atoms with Gasteiger partial charge in [0.2, 0.25) is 10.0 Å². The van der Waals surface area contributed by atoms with Crippen molar-refractivity contribution < 1.29 is 17.5 Å². The van der Waals surface area contributed by atoms with Crippen LogP contribution >= 0.6 is 0 Å². The van der Waals surface area contributed by atoms with Crippen molar-refractivity contribution in [2.24, 2.45) is 4.99 Å². The molecule has 0 aliphatic heterocycles. The molecule has 0 spiro atoms. The number of aliphatic imine (C=N–C) groups is 1. The van der Waals surface area contributed by atoms with E-state index < -0.39 is 10.0 Å². The zero-order valence-electron chi connectivity index (χ0n) is 17.7. The van der Waals surface area contributed by atoms with Crippen LogP contribution < -0.4 is 15.4 Å². The van der Waals surface area contributed by atoms with Crippen LogP contribution in [-0.2, 0) is 16.6 Å². The molecule has 9 heteroatoms. The fourth-order valence-electron chi connectivity index (χ4n) is 2.61. The third-order valence-corrected chi connectivity index (χ3v) is 6.27. The van der Waals surface area contributed by atoms with Gasteiger partial charge in [-0.05, 0) is 36.2 Å². The average molecular weight is 437 g/mol. The SMILES string of the molecule is CCC(CNC(=NC)NCc1ccc(S(=O)(=O)N(C)C)cc1)Oc1cccc(F)c1. The molecule has 0 aliphatic carbocycles. The summed E-state index contributed by atoms with van der Waals surface area (Å²) in [6.07, 6.45) is 0.586. The molecule has 0 saturated heterocycles. The number of sulfonamides is 1. The number of nitrogens with one attached hydrogen (secondary N) is 2. The minimum absolute atomic E-state index is 0.152. The standard InChI is InChI=1S/C21H29FN4O3S/c1-5-18(29-19-8-6-7-17(22)13-19)15-25-21(23-2)24-14-16-9-11-20(12-10-16)30(27,28)26(3)4/h6-13,18H,5,14-15H2,1-4H3,(H2,23,24,25). The topological polar surface area (TPSA) is 83.0 Å². The quantitative estimate of drug-likeness (QED) is 0.466. The molecule has 7 nitrogen and oxygen atoms in total. The molecule has 0 bridgehead atoms. The summed E-state index contributed by atoms with van der Waals surface area (Å²) in [4.78, 5) is 4.44. The van der Waals surface area contributed by atoms with E-state index in [1.54, 1.807) is 43.4 Å². The molecule has 0 heterocycles. The highest BCUT2D eigenvalue weighted by atomic mass is 32.2. The predicted molar refractivity (Wildman–Crippen MR) is 117 cm³/mol. The van der Waals surface area contributed by atoms with Gasteiger partial charge in [0.1, 0.15) is 17.7 Å². The third-order valence-electron chi connectivity index (χ3n) is 4.44. The van der Waals surface area contributed by atoms with Crippen molar-refractivity contribution in [1.82, 2.24) is 14.9 Å². The lowest BCUT2D eigenvalue weighted by Crippen LogP contribution is -2.42. The van der Waals surface area contributed by atoms with Crippen molar-refractivity contribution in [1.29, 1.82) is 0 Å². The summed E-state index contributed by atoms with van der Waals surface area (Å²) in [5, 5.41) is 6.38. The molecule has 2 rings (SSSR count). The first-order valence-corrected chi connectivity index (χ1v) is 11.1. The van der Waals surface area contributed by atoms with Gasteiger partial charge in [0.15, 0.2) is 5.96 Å². The largest absolute Gasteiger partial charge is 0.489 e. The van der Waals surface area contributed by atoms with E-state index in [4.69, 9.17) is 4.74 Å². The molecule has 0 aromatic heterocycles. The second-order valence-corrected chi connectivity index (χ2v) is 9.00. The van der Waals surface area contributed by atoms with E-state index in [-0.39, 0.29) is 16.8 Å². The Kier molecular flexibility index (Phi) is 8.61. The van der Waals surface area contributed by atoms with Gasteiger partial charge in [0.25, 0.3) is 0 Å². The van der Waals surface area contributed by atoms with Crippen LogP contribution in [0.4, 0.5) is 4.39 Å². The lowest BCUT2D eigenvalue weighted by molar-refractivity contribution is 0.199. The Morgan fingerprint density at radius 1 is 1.17 bits per heavy atom. The summed E-state index contributed by atoms with van der Waals surface area (Å²) >= 11 is 0. The van der Waals surface area contributed by atoms with E-state index in [0.29, 0.717) is 24.8 Å². The Morgan fingerprint density at radius 3 is 2.43 bits per heavy atom. The van der Waals surface area contributed by atoms with Gasteiger partial charge in [-0.1, -0.05) is 25.1 Å². The van der Waals surface area contributed by atoms with Gasteiger partial charge >= 0.3 is 0 Å². The van der Waals surface area contributed by atoms with Crippen molar-refractivity contribution in [3.8, 4) is 5.75 Å². The van der Waals surface area contributed by atoms with Gasteiger partial charge in [-0.2, -0.15) is 0 Å². The number of hydrogen-bond acceptors (Lipinski definition) is 4. The molecule has 0 fully saturated rings. The van der Waals surface area contributed by atoms with Crippen LogP contribution in [0.25, 0.3) is 0 Å². The number of ether oxygens (including phenoxy) is 1. The monoisotopic (exact) mass is 436 g/mol. The number of guanidine groups is 1. The summed E-state index contributed by atoms with van der Waals surface area (Å²) in [6, 6.07) is 12.8. The minimum atomic E-state index is -3.44. The van der Waals surface area contributed by atoms with E-state index >= 15 is 0 Å². The smallest absolute Gasteiger partial charge is 0.242 e. The van der Waals surface area contributed by atoms with Gasteiger partial charge in [-0.25, -0.2) is 17.1 Å². The number of rotatable bonds is 9. The van der Waals surface area contributed by atoms with E-state index in [2.05, 4.69) is 15.6 Å². The molecule has 0 aliphatic rings. The van der Waals surface area contributed by atoms with Crippen molar-refractivity contribution in [3.63, 3.8) is 0 Å². The van der Waals surface area contributed by atoms with Crippen molar-refractivity contribution in [2.45, 2.75) is 30.9 Å². The molecular weight excluding hydrogens is 407 g/mol. The molecule has 1 unspecified atom stereocenters. The first kappa shape index (κ1) is 23.6. The summed E-state index contributed by atoms with van der Waals surface area (Å²) in [5.74, 6) is 0.734. The van der Waals surface area contributed by atoms with Crippen LogP contribution in [0.3, 0.4) is 0 Å². The Labute approximate surface area is 178 Å². The molecule has 2 N–H and O–H groups in total. The Balaban J connectivity index is 1.88.